The molecule has 2 aromatic carbocycles. The molecule has 0 aliphatic heterocycles. The minimum Gasteiger partial charge on any atom is -0.464 e. The summed E-state index contributed by atoms with van der Waals surface area (Å²) in [6.07, 6.45) is -1.88. The zero-order valence-corrected chi connectivity index (χ0v) is 22.5. The third-order valence-corrected chi connectivity index (χ3v) is 6.90. The molecule has 4 rings (SSSR count). The molecule has 39 heavy (non-hydrogen) atoms. The van der Waals surface area contributed by atoms with E-state index in [1.165, 1.54) is 16.9 Å². The van der Waals surface area contributed by atoms with Crippen LogP contribution in [0.5, 0.6) is 0 Å². The van der Waals surface area contributed by atoms with Gasteiger partial charge in [0.05, 0.1) is 17.1 Å². The molecule has 202 valence electrons. The van der Waals surface area contributed by atoms with Gasteiger partial charge in [-0.1, -0.05) is 48.0 Å². The predicted octanol–water partition coefficient (Wildman–Crippen LogP) is 4.54. The average Bonchev–Trinajstić information content (AvgIpc) is 2.86. The summed E-state index contributed by atoms with van der Waals surface area (Å²) < 4.78 is 32.9. The molecule has 0 aliphatic rings. The number of fused-ring (bicyclic) bond motifs is 1. The van der Waals surface area contributed by atoms with Crippen molar-refractivity contribution >= 4 is 50.5 Å². The summed E-state index contributed by atoms with van der Waals surface area (Å²) in [6.45, 7) is 5.29. The first-order chi connectivity index (χ1) is 18.4. The van der Waals surface area contributed by atoms with E-state index in [4.69, 9.17) is 21.1 Å². The van der Waals surface area contributed by atoms with E-state index in [0.29, 0.717) is 27.9 Å². The van der Waals surface area contributed by atoms with Crippen molar-refractivity contribution in [3.63, 3.8) is 0 Å². The van der Waals surface area contributed by atoms with Crippen LogP contribution in [-0.4, -0.2) is 30.5 Å². The summed E-state index contributed by atoms with van der Waals surface area (Å²) in [6, 6.07) is 15.0. The van der Waals surface area contributed by atoms with Gasteiger partial charge in [-0.2, -0.15) is 8.42 Å². The highest BCUT2D eigenvalue weighted by molar-refractivity contribution is 7.88. The molecule has 2 aromatic heterocycles. The van der Waals surface area contributed by atoms with Gasteiger partial charge < -0.3 is 14.8 Å². The third kappa shape index (κ3) is 6.02. The van der Waals surface area contributed by atoms with Gasteiger partial charge in [-0.05, 0) is 44.5 Å². The zero-order chi connectivity index (χ0) is 28.5. The lowest BCUT2D eigenvalue weighted by atomic mass is 9.98. The van der Waals surface area contributed by atoms with E-state index in [0.717, 1.165) is 11.1 Å². The summed E-state index contributed by atoms with van der Waals surface area (Å²) in [4.78, 5) is 40.7. The number of aryl methyl sites for hydroxylation is 1. The molecule has 0 radical (unpaired) electrons. The Labute approximate surface area is 228 Å². The van der Waals surface area contributed by atoms with Gasteiger partial charge in [-0.3, -0.25) is 9.59 Å². The number of pyridine rings is 1. The van der Waals surface area contributed by atoms with Gasteiger partial charge in [0.1, 0.15) is 16.5 Å². The fourth-order valence-electron chi connectivity index (χ4n) is 4.10. The molecule has 13 heteroatoms. The van der Waals surface area contributed by atoms with Crippen molar-refractivity contribution in [3.8, 4) is 11.3 Å². The summed E-state index contributed by atoms with van der Waals surface area (Å²) >= 11 is 5.95. The third-order valence-electron chi connectivity index (χ3n) is 5.79. The molecular weight excluding hydrogens is 548 g/mol. The maximum atomic E-state index is 13.3. The maximum absolute atomic E-state index is 13.3. The van der Waals surface area contributed by atoms with Gasteiger partial charge in [0.15, 0.2) is 11.1 Å². The number of hydrogen-bond donors (Lipinski definition) is 4. The van der Waals surface area contributed by atoms with Gasteiger partial charge in [-0.15, -0.1) is 0 Å². The highest BCUT2D eigenvalue weighted by Gasteiger charge is 2.24. The smallest absolute Gasteiger partial charge is 0.419 e. The Hall–Kier alpha value is -4.42. The normalized spacial score (nSPS) is 12.1. The predicted molar refractivity (Wildman–Crippen MR) is 146 cm³/mol. The molecule has 4 N–H and O–H groups in total. The molecule has 0 bridgehead atoms. The molecule has 11 nitrogen and oxygen atoms in total. The highest BCUT2D eigenvalue weighted by Crippen LogP contribution is 2.32. The minimum absolute atomic E-state index is 0.0994. The van der Waals surface area contributed by atoms with Crippen LogP contribution in [0.25, 0.3) is 22.3 Å². The Morgan fingerprint density at radius 2 is 1.74 bits per heavy atom. The Kier molecular flexibility index (Phi) is 7.61. The number of nitrogens with one attached hydrogen (secondary N) is 3. The van der Waals surface area contributed by atoms with E-state index in [-0.39, 0.29) is 16.3 Å². The van der Waals surface area contributed by atoms with Crippen molar-refractivity contribution in [1.29, 1.82) is 0 Å². The number of carbonyl (C=O) groups excluding carboxylic acids is 1. The van der Waals surface area contributed by atoms with E-state index < -0.39 is 33.9 Å². The van der Waals surface area contributed by atoms with E-state index >= 15 is 0 Å². The second kappa shape index (κ2) is 10.8. The fraction of sp³-hybridized carbons (Fsp3) is 0.154. The van der Waals surface area contributed by atoms with Crippen LogP contribution >= 0.6 is 11.6 Å². The quantitative estimate of drug-likeness (QED) is 0.233. The first-order valence-corrected chi connectivity index (χ1v) is 13.4. The van der Waals surface area contributed by atoms with Crippen molar-refractivity contribution in [2.24, 2.45) is 0 Å². The van der Waals surface area contributed by atoms with Crippen LogP contribution in [0.1, 0.15) is 40.1 Å². The second-order valence-electron chi connectivity index (χ2n) is 8.72. The number of halogens is 1. The molecule has 0 saturated carbocycles. The molecule has 2 amide bonds. The number of rotatable bonds is 7. The molecular formula is C26H23ClN4O7S. The summed E-state index contributed by atoms with van der Waals surface area (Å²) in [5.41, 5.74) is 2.45. The summed E-state index contributed by atoms with van der Waals surface area (Å²) in [7, 11) is -4.72. The average molecular weight is 571 g/mol. The molecule has 4 aromatic rings. The molecule has 2 heterocycles. The van der Waals surface area contributed by atoms with Gasteiger partial charge in [0.2, 0.25) is 0 Å². The largest absolute Gasteiger partial charge is 0.464 e. The lowest BCUT2D eigenvalue weighted by molar-refractivity contribution is 0.0977. The van der Waals surface area contributed by atoms with Gasteiger partial charge in [0.25, 0.3) is 5.91 Å². The van der Waals surface area contributed by atoms with E-state index in [1.807, 2.05) is 43.3 Å². The first-order valence-electron chi connectivity index (χ1n) is 11.5. The van der Waals surface area contributed by atoms with E-state index in [1.54, 1.807) is 24.6 Å². The van der Waals surface area contributed by atoms with Crippen molar-refractivity contribution < 1.29 is 27.5 Å². The Morgan fingerprint density at radius 3 is 2.41 bits per heavy atom. The summed E-state index contributed by atoms with van der Waals surface area (Å²) in [5, 5.41) is 12.1. The number of carboxylic acid groups (broad SMARTS) is 1. The molecule has 0 aliphatic carbocycles. The molecule has 0 spiro atoms. The second-order valence-corrected chi connectivity index (χ2v) is 10.5. The van der Waals surface area contributed by atoms with Crippen LogP contribution in [0.4, 0.5) is 10.5 Å². The number of amides is 2. The molecule has 1 unspecified atom stereocenters. The van der Waals surface area contributed by atoms with Crippen molar-refractivity contribution in [3.05, 3.63) is 92.4 Å². The molecule has 0 fully saturated rings. The maximum Gasteiger partial charge on any atom is 0.419 e. The lowest BCUT2D eigenvalue weighted by Crippen LogP contribution is -2.43. The zero-order valence-electron chi connectivity index (χ0n) is 20.9. The van der Waals surface area contributed by atoms with Crippen molar-refractivity contribution in [1.82, 2.24) is 14.4 Å². The number of aromatic nitrogens is 1. The van der Waals surface area contributed by atoms with Crippen LogP contribution in [0.3, 0.4) is 0 Å². The van der Waals surface area contributed by atoms with Crippen molar-refractivity contribution in [2.75, 3.05) is 5.32 Å². The minimum atomic E-state index is -4.72. The number of benzene rings is 2. The van der Waals surface area contributed by atoms with Crippen molar-refractivity contribution in [2.45, 2.75) is 26.8 Å². The molecule has 1 atom stereocenters. The number of nitrogens with zero attached hydrogens (tertiary/aromatic N) is 1. The van der Waals surface area contributed by atoms with Crippen LogP contribution < -0.4 is 20.2 Å². The number of anilines is 1. The van der Waals surface area contributed by atoms with Gasteiger partial charge in [0, 0.05) is 16.7 Å². The van der Waals surface area contributed by atoms with E-state index in [2.05, 4.69) is 10.3 Å². The number of carbonyl (C=O) groups is 2. The standard InChI is InChI=1S/C26H23ClN4O7S/c1-13-11-17(24-18(12-13)22(32)14(2)23(38-24)16-7-5-4-6-8-16)15(3)28-19-9-10-20(27)29-21(19)25(33)30-39(36,37)31-26(34)35/h4-12,15,28,31H,1-3H3,(H,30,33)(H,34,35). The Bertz CT molecular complexity index is 1770. The van der Waals surface area contributed by atoms with Crippen LogP contribution in [0.15, 0.2) is 63.8 Å². The molecule has 0 saturated heterocycles. The SMILES string of the molecule is Cc1cc(C(C)Nc2ccc(Cl)nc2C(=O)NS(=O)(=O)NC(=O)O)c2oc(-c3ccccc3)c(C)c(=O)c2c1. The highest BCUT2D eigenvalue weighted by atomic mass is 35.5. The summed E-state index contributed by atoms with van der Waals surface area (Å²) in [5.74, 6) is -0.793. The topological polar surface area (TPSA) is 168 Å². The Balaban J connectivity index is 1.78. The fourth-order valence-corrected chi connectivity index (χ4v) is 4.87. The first kappa shape index (κ1) is 27.6. The van der Waals surface area contributed by atoms with Crippen LogP contribution in [-0.2, 0) is 10.2 Å². The van der Waals surface area contributed by atoms with Crippen LogP contribution in [0.2, 0.25) is 5.15 Å². The monoisotopic (exact) mass is 570 g/mol. The van der Waals surface area contributed by atoms with Gasteiger partial charge in [-0.25, -0.2) is 19.2 Å². The van der Waals surface area contributed by atoms with Gasteiger partial charge >= 0.3 is 16.3 Å². The van der Waals surface area contributed by atoms with E-state index in [9.17, 15) is 22.8 Å². The van der Waals surface area contributed by atoms with Crippen LogP contribution in [0, 0.1) is 13.8 Å². The number of hydrogen-bond acceptors (Lipinski definition) is 8. The Morgan fingerprint density at radius 1 is 1.05 bits per heavy atom. The lowest BCUT2D eigenvalue weighted by Gasteiger charge is -2.20.